The first-order valence-electron chi connectivity index (χ1n) is 9.02. The van der Waals surface area contributed by atoms with Crippen LogP contribution in [0.25, 0.3) is 6.08 Å². The van der Waals surface area contributed by atoms with Gasteiger partial charge in [0.15, 0.2) is 0 Å². The Morgan fingerprint density at radius 1 is 1.07 bits per heavy atom. The molecule has 0 aliphatic rings. The second kappa shape index (κ2) is 9.34. The fourth-order valence-electron chi connectivity index (χ4n) is 2.68. The highest BCUT2D eigenvalue weighted by Crippen LogP contribution is 2.23. The summed E-state index contributed by atoms with van der Waals surface area (Å²) in [6.07, 6.45) is 1.49. The molecule has 0 spiro atoms. The van der Waals surface area contributed by atoms with Gasteiger partial charge in [0, 0.05) is 11.3 Å². The summed E-state index contributed by atoms with van der Waals surface area (Å²) in [6, 6.07) is 22.4. The number of rotatable bonds is 6. The zero-order chi connectivity index (χ0) is 20.6. The minimum atomic E-state index is -0.491. The van der Waals surface area contributed by atoms with Crippen molar-refractivity contribution in [1.82, 2.24) is 0 Å². The van der Waals surface area contributed by atoms with Crippen LogP contribution in [-0.4, -0.2) is 5.91 Å². The molecule has 1 amide bonds. The van der Waals surface area contributed by atoms with E-state index in [0.717, 1.165) is 11.1 Å². The number of nitriles is 1. The third-order valence-corrected chi connectivity index (χ3v) is 4.28. The van der Waals surface area contributed by atoms with Gasteiger partial charge in [-0.3, -0.25) is 4.79 Å². The highest BCUT2D eigenvalue weighted by atomic mass is 19.1. The number of aryl methyl sites for hydroxylation is 1. The number of anilines is 1. The van der Waals surface area contributed by atoms with Crippen LogP contribution in [0.3, 0.4) is 0 Å². The molecular weight excluding hydrogens is 367 g/mol. The summed E-state index contributed by atoms with van der Waals surface area (Å²) in [5.41, 5.74) is 2.93. The summed E-state index contributed by atoms with van der Waals surface area (Å²) < 4.78 is 18.9. The molecule has 0 saturated carbocycles. The minimum absolute atomic E-state index is 0.0360. The average Bonchev–Trinajstić information content (AvgIpc) is 2.74. The number of hydrogen-bond acceptors (Lipinski definition) is 3. The minimum Gasteiger partial charge on any atom is -0.488 e. The molecule has 3 aromatic rings. The van der Waals surface area contributed by atoms with Crippen molar-refractivity contribution in [3.8, 4) is 11.8 Å². The molecule has 0 aliphatic carbocycles. The van der Waals surface area contributed by atoms with Crippen molar-refractivity contribution in [2.75, 3.05) is 5.32 Å². The SMILES string of the molecule is Cc1ccccc1NC(=O)/C(C#N)=C/c1ccccc1OCc1ccc(F)cc1. The maximum atomic E-state index is 13.0. The van der Waals surface area contributed by atoms with Gasteiger partial charge in [-0.25, -0.2) is 4.39 Å². The maximum absolute atomic E-state index is 13.0. The zero-order valence-corrected chi connectivity index (χ0v) is 15.9. The van der Waals surface area contributed by atoms with Crippen LogP contribution in [-0.2, 0) is 11.4 Å². The summed E-state index contributed by atoms with van der Waals surface area (Å²) in [7, 11) is 0. The Hall–Kier alpha value is -3.91. The van der Waals surface area contributed by atoms with Gasteiger partial charge in [-0.1, -0.05) is 48.5 Å². The Bertz CT molecular complexity index is 1080. The lowest BCUT2D eigenvalue weighted by Crippen LogP contribution is -2.14. The summed E-state index contributed by atoms with van der Waals surface area (Å²) in [6.45, 7) is 2.12. The molecule has 0 fully saturated rings. The molecule has 144 valence electrons. The number of carbonyl (C=O) groups is 1. The van der Waals surface area contributed by atoms with E-state index in [4.69, 9.17) is 4.74 Å². The number of halogens is 1. The van der Waals surface area contributed by atoms with Crippen LogP contribution in [0.2, 0.25) is 0 Å². The predicted octanol–water partition coefficient (Wildman–Crippen LogP) is 5.26. The van der Waals surface area contributed by atoms with Crippen LogP contribution in [0.15, 0.2) is 78.4 Å². The van der Waals surface area contributed by atoms with E-state index in [0.29, 0.717) is 17.0 Å². The normalized spacial score (nSPS) is 10.9. The van der Waals surface area contributed by atoms with E-state index < -0.39 is 5.91 Å². The van der Waals surface area contributed by atoms with Gasteiger partial charge in [0.2, 0.25) is 0 Å². The fraction of sp³-hybridized carbons (Fsp3) is 0.0833. The van der Waals surface area contributed by atoms with E-state index in [1.807, 2.05) is 31.2 Å². The van der Waals surface area contributed by atoms with Crippen molar-refractivity contribution in [3.05, 3.63) is 101 Å². The van der Waals surface area contributed by atoms with E-state index in [9.17, 15) is 14.4 Å². The Labute approximate surface area is 168 Å². The van der Waals surface area contributed by atoms with Crippen molar-refractivity contribution < 1.29 is 13.9 Å². The smallest absolute Gasteiger partial charge is 0.266 e. The Balaban J connectivity index is 1.78. The van der Waals surface area contributed by atoms with Gasteiger partial charge in [-0.05, 0) is 48.4 Å². The average molecular weight is 386 g/mol. The number of nitrogens with zero attached hydrogens (tertiary/aromatic N) is 1. The Morgan fingerprint density at radius 2 is 1.76 bits per heavy atom. The second-order valence-corrected chi connectivity index (χ2v) is 6.39. The van der Waals surface area contributed by atoms with Crippen LogP contribution in [0.1, 0.15) is 16.7 Å². The van der Waals surface area contributed by atoms with Gasteiger partial charge in [-0.15, -0.1) is 0 Å². The molecular formula is C24H19FN2O2. The molecule has 0 saturated heterocycles. The number of nitrogens with one attached hydrogen (secondary N) is 1. The first-order valence-corrected chi connectivity index (χ1v) is 9.02. The van der Waals surface area contributed by atoms with Crippen molar-refractivity contribution >= 4 is 17.7 Å². The van der Waals surface area contributed by atoms with Crippen molar-refractivity contribution in [1.29, 1.82) is 5.26 Å². The number of benzene rings is 3. The van der Waals surface area contributed by atoms with Gasteiger partial charge < -0.3 is 10.1 Å². The second-order valence-electron chi connectivity index (χ2n) is 6.39. The van der Waals surface area contributed by atoms with E-state index in [-0.39, 0.29) is 18.0 Å². The molecule has 5 heteroatoms. The van der Waals surface area contributed by atoms with Crippen molar-refractivity contribution in [2.45, 2.75) is 13.5 Å². The quantitative estimate of drug-likeness (QED) is 0.464. The van der Waals surface area contributed by atoms with E-state index in [1.165, 1.54) is 18.2 Å². The maximum Gasteiger partial charge on any atom is 0.266 e. The van der Waals surface area contributed by atoms with Gasteiger partial charge in [-0.2, -0.15) is 5.26 Å². The standard InChI is InChI=1S/C24H19FN2O2/c1-17-6-2-4-8-22(17)27-24(28)20(15-26)14-19-7-3-5-9-23(19)29-16-18-10-12-21(25)13-11-18/h2-14H,16H2,1H3,(H,27,28)/b20-14+. The largest absolute Gasteiger partial charge is 0.488 e. The van der Waals surface area contributed by atoms with Crippen LogP contribution in [0.4, 0.5) is 10.1 Å². The molecule has 0 bridgehead atoms. The molecule has 1 N–H and O–H groups in total. The van der Waals surface area contributed by atoms with Gasteiger partial charge in [0.25, 0.3) is 5.91 Å². The molecule has 3 aromatic carbocycles. The number of para-hydroxylation sites is 2. The van der Waals surface area contributed by atoms with Crippen molar-refractivity contribution in [2.24, 2.45) is 0 Å². The molecule has 29 heavy (non-hydrogen) atoms. The molecule has 0 heterocycles. The first kappa shape index (κ1) is 19.8. The zero-order valence-electron chi connectivity index (χ0n) is 15.9. The summed E-state index contributed by atoms with van der Waals surface area (Å²) in [4.78, 5) is 12.5. The predicted molar refractivity (Wildman–Crippen MR) is 111 cm³/mol. The lowest BCUT2D eigenvalue weighted by atomic mass is 10.1. The van der Waals surface area contributed by atoms with E-state index in [2.05, 4.69) is 5.32 Å². The van der Waals surface area contributed by atoms with Crippen LogP contribution in [0, 0.1) is 24.1 Å². The number of amides is 1. The molecule has 4 nitrogen and oxygen atoms in total. The lowest BCUT2D eigenvalue weighted by Gasteiger charge is -2.10. The van der Waals surface area contributed by atoms with Crippen LogP contribution in [0.5, 0.6) is 5.75 Å². The topological polar surface area (TPSA) is 62.1 Å². The highest BCUT2D eigenvalue weighted by Gasteiger charge is 2.12. The number of hydrogen-bond donors (Lipinski definition) is 1. The van der Waals surface area contributed by atoms with Gasteiger partial charge in [0.05, 0.1) is 0 Å². The molecule has 0 aromatic heterocycles. The van der Waals surface area contributed by atoms with Crippen LogP contribution >= 0.6 is 0 Å². The molecule has 0 atom stereocenters. The van der Waals surface area contributed by atoms with Crippen molar-refractivity contribution in [3.63, 3.8) is 0 Å². The number of ether oxygens (including phenoxy) is 1. The summed E-state index contributed by atoms with van der Waals surface area (Å²) in [5.74, 6) is -0.279. The van der Waals surface area contributed by atoms with E-state index >= 15 is 0 Å². The van der Waals surface area contributed by atoms with E-state index in [1.54, 1.807) is 42.5 Å². The Morgan fingerprint density at radius 3 is 2.48 bits per heavy atom. The highest BCUT2D eigenvalue weighted by molar-refractivity contribution is 6.10. The first-order chi connectivity index (χ1) is 14.1. The van der Waals surface area contributed by atoms with Gasteiger partial charge in [0.1, 0.15) is 29.8 Å². The summed E-state index contributed by atoms with van der Waals surface area (Å²) in [5, 5.41) is 12.2. The molecule has 3 rings (SSSR count). The van der Waals surface area contributed by atoms with Crippen LogP contribution < -0.4 is 10.1 Å². The number of carbonyl (C=O) groups excluding carboxylic acids is 1. The summed E-state index contributed by atoms with van der Waals surface area (Å²) >= 11 is 0. The Kier molecular flexibility index (Phi) is 6.39. The van der Waals surface area contributed by atoms with Gasteiger partial charge >= 0.3 is 0 Å². The monoisotopic (exact) mass is 386 g/mol. The fourth-order valence-corrected chi connectivity index (χ4v) is 2.68. The lowest BCUT2D eigenvalue weighted by molar-refractivity contribution is -0.112. The third kappa shape index (κ3) is 5.30. The third-order valence-electron chi connectivity index (χ3n) is 4.28. The molecule has 0 unspecified atom stereocenters. The molecule has 0 aliphatic heterocycles. The molecule has 0 radical (unpaired) electrons.